The van der Waals surface area contributed by atoms with Crippen molar-refractivity contribution in [3.63, 3.8) is 0 Å². The van der Waals surface area contributed by atoms with Crippen LogP contribution in [0.25, 0.3) is 11.5 Å². The van der Waals surface area contributed by atoms with E-state index in [0.717, 1.165) is 17.5 Å². The van der Waals surface area contributed by atoms with Crippen molar-refractivity contribution in [1.29, 1.82) is 0 Å². The molecule has 22 heavy (non-hydrogen) atoms. The van der Waals surface area contributed by atoms with E-state index in [2.05, 4.69) is 22.4 Å². The number of hydrogen-bond donors (Lipinski definition) is 2. The molecule has 5 nitrogen and oxygen atoms in total. The first kappa shape index (κ1) is 13.6. The molecule has 2 N–H and O–H groups in total. The van der Waals surface area contributed by atoms with E-state index in [4.69, 9.17) is 4.42 Å². The van der Waals surface area contributed by atoms with E-state index >= 15 is 0 Å². The predicted octanol–water partition coefficient (Wildman–Crippen LogP) is 3.22. The summed E-state index contributed by atoms with van der Waals surface area (Å²) in [6.07, 6.45) is 6.95. The van der Waals surface area contributed by atoms with Gasteiger partial charge in [0.05, 0.1) is 6.26 Å². The average Bonchev–Trinajstić information content (AvgIpc) is 3.29. The van der Waals surface area contributed by atoms with Crippen LogP contribution in [0.3, 0.4) is 0 Å². The highest BCUT2D eigenvalue weighted by molar-refractivity contribution is 5.93. The van der Waals surface area contributed by atoms with E-state index in [1.165, 1.54) is 25.7 Å². The van der Waals surface area contributed by atoms with Gasteiger partial charge in [0.25, 0.3) is 5.91 Å². The van der Waals surface area contributed by atoms with Crippen LogP contribution in [0.2, 0.25) is 0 Å². The number of furan rings is 1. The van der Waals surface area contributed by atoms with Gasteiger partial charge in [-0.25, -0.2) is 0 Å². The van der Waals surface area contributed by atoms with Gasteiger partial charge in [0.2, 0.25) is 0 Å². The Hall–Kier alpha value is -2.04. The van der Waals surface area contributed by atoms with Crippen molar-refractivity contribution >= 4 is 5.91 Å². The molecular weight excluding hydrogens is 278 g/mol. The van der Waals surface area contributed by atoms with Crippen LogP contribution >= 0.6 is 0 Å². The second-order valence-corrected chi connectivity index (χ2v) is 6.75. The minimum Gasteiger partial charge on any atom is -0.463 e. The number of aromatic amines is 1. The van der Waals surface area contributed by atoms with Gasteiger partial charge in [0, 0.05) is 12.1 Å². The topological polar surface area (TPSA) is 70.9 Å². The van der Waals surface area contributed by atoms with Crippen LogP contribution in [0.1, 0.15) is 43.1 Å². The molecule has 4 rings (SSSR count). The molecule has 4 unspecified atom stereocenters. The minimum absolute atomic E-state index is 0.107. The predicted molar refractivity (Wildman–Crippen MR) is 82.2 cm³/mol. The van der Waals surface area contributed by atoms with Crippen molar-refractivity contribution in [2.45, 2.75) is 38.6 Å². The van der Waals surface area contributed by atoms with E-state index in [1.807, 2.05) is 12.1 Å². The van der Waals surface area contributed by atoms with Crippen LogP contribution in [-0.4, -0.2) is 22.1 Å². The van der Waals surface area contributed by atoms with Gasteiger partial charge in [-0.05, 0) is 56.1 Å². The first-order valence-corrected chi connectivity index (χ1v) is 8.11. The number of rotatable bonds is 4. The maximum atomic E-state index is 12.4. The van der Waals surface area contributed by atoms with E-state index in [-0.39, 0.29) is 11.9 Å². The molecule has 0 aliphatic heterocycles. The summed E-state index contributed by atoms with van der Waals surface area (Å²) >= 11 is 0. The third-order valence-electron chi connectivity index (χ3n) is 5.39. The summed E-state index contributed by atoms with van der Waals surface area (Å²) in [5.41, 5.74) is 1.14. The highest BCUT2D eigenvalue weighted by Crippen LogP contribution is 2.49. The van der Waals surface area contributed by atoms with Crippen molar-refractivity contribution in [3.8, 4) is 11.5 Å². The first-order chi connectivity index (χ1) is 10.7. The highest BCUT2D eigenvalue weighted by Gasteiger charge is 2.42. The van der Waals surface area contributed by atoms with Crippen LogP contribution in [-0.2, 0) is 0 Å². The van der Waals surface area contributed by atoms with Crippen LogP contribution in [0.15, 0.2) is 28.9 Å². The van der Waals surface area contributed by atoms with Crippen molar-refractivity contribution < 1.29 is 9.21 Å². The fraction of sp³-hybridized carbons (Fsp3) is 0.529. The second-order valence-electron chi connectivity index (χ2n) is 6.75. The Morgan fingerprint density at radius 3 is 3.05 bits per heavy atom. The molecule has 2 aliphatic rings. The summed E-state index contributed by atoms with van der Waals surface area (Å²) in [4.78, 5) is 12.4. The van der Waals surface area contributed by atoms with Crippen molar-refractivity contribution in [3.05, 3.63) is 30.2 Å². The lowest BCUT2D eigenvalue weighted by Crippen LogP contribution is -2.40. The fourth-order valence-corrected chi connectivity index (χ4v) is 4.29. The zero-order chi connectivity index (χ0) is 15.1. The smallest absolute Gasteiger partial charge is 0.272 e. The van der Waals surface area contributed by atoms with Gasteiger partial charge >= 0.3 is 0 Å². The lowest BCUT2D eigenvalue weighted by molar-refractivity contribution is 0.0910. The number of carbonyl (C=O) groups is 1. The number of nitrogens with one attached hydrogen (secondary N) is 2. The molecule has 2 heterocycles. The third-order valence-corrected chi connectivity index (χ3v) is 5.39. The van der Waals surface area contributed by atoms with Gasteiger partial charge in [-0.2, -0.15) is 5.10 Å². The highest BCUT2D eigenvalue weighted by atomic mass is 16.3. The fourth-order valence-electron chi connectivity index (χ4n) is 4.29. The summed E-state index contributed by atoms with van der Waals surface area (Å²) in [5.74, 6) is 2.91. The van der Waals surface area contributed by atoms with Gasteiger partial charge in [-0.3, -0.25) is 9.89 Å². The Morgan fingerprint density at radius 1 is 1.45 bits per heavy atom. The zero-order valence-corrected chi connectivity index (χ0v) is 12.7. The summed E-state index contributed by atoms with van der Waals surface area (Å²) in [5, 5.41) is 10.1. The molecule has 5 heteroatoms. The monoisotopic (exact) mass is 299 g/mol. The largest absolute Gasteiger partial charge is 0.463 e. The number of carbonyl (C=O) groups excluding carboxylic acids is 1. The van der Waals surface area contributed by atoms with Gasteiger partial charge in [-0.1, -0.05) is 6.42 Å². The van der Waals surface area contributed by atoms with Crippen LogP contribution in [0, 0.1) is 17.8 Å². The Morgan fingerprint density at radius 2 is 2.36 bits per heavy atom. The number of amides is 1. The number of nitrogens with zero attached hydrogens (tertiary/aromatic N) is 1. The maximum Gasteiger partial charge on any atom is 0.272 e. The van der Waals surface area contributed by atoms with E-state index in [0.29, 0.717) is 17.4 Å². The number of H-pyrrole nitrogens is 1. The molecule has 2 aromatic rings. The molecule has 1 amide bonds. The summed E-state index contributed by atoms with van der Waals surface area (Å²) in [7, 11) is 0. The van der Waals surface area contributed by atoms with Gasteiger partial charge in [0.15, 0.2) is 11.5 Å². The molecule has 2 aromatic heterocycles. The van der Waals surface area contributed by atoms with Crippen LogP contribution < -0.4 is 5.32 Å². The van der Waals surface area contributed by atoms with Crippen LogP contribution in [0.4, 0.5) is 0 Å². The normalized spacial score (nSPS) is 28.0. The maximum absolute atomic E-state index is 12.4. The minimum atomic E-state index is -0.107. The lowest BCUT2D eigenvalue weighted by Gasteiger charge is -2.28. The number of aromatic nitrogens is 2. The molecule has 0 radical (unpaired) electrons. The van der Waals surface area contributed by atoms with Gasteiger partial charge < -0.3 is 9.73 Å². The van der Waals surface area contributed by atoms with E-state index in [9.17, 15) is 4.79 Å². The average molecular weight is 299 g/mol. The molecule has 4 atom stereocenters. The molecular formula is C17H21N3O2. The number of hydrogen-bond acceptors (Lipinski definition) is 3. The Balaban J connectivity index is 1.42. The van der Waals surface area contributed by atoms with Crippen molar-refractivity contribution in [1.82, 2.24) is 15.5 Å². The third kappa shape index (κ3) is 2.34. The number of fused-ring (bicyclic) bond motifs is 2. The molecule has 2 bridgehead atoms. The molecule has 0 saturated heterocycles. The Labute approximate surface area is 129 Å². The van der Waals surface area contributed by atoms with E-state index in [1.54, 1.807) is 12.3 Å². The van der Waals surface area contributed by atoms with Crippen LogP contribution in [0.5, 0.6) is 0 Å². The first-order valence-electron chi connectivity index (χ1n) is 8.11. The van der Waals surface area contributed by atoms with Crippen molar-refractivity contribution in [2.24, 2.45) is 17.8 Å². The Kier molecular flexibility index (Phi) is 3.28. The Bertz CT molecular complexity index is 661. The second kappa shape index (κ2) is 5.30. The summed E-state index contributed by atoms with van der Waals surface area (Å²) in [6.45, 7) is 2.13. The van der Waals surface area contributed by atoms with Gasteiger partial charge in [-0.15, -0.1) is 0 Å². The zero-order valence-electron chi connectivity index (χ0n) is 12.7. The molecule has 2 saturated carbocycles. The summed E-state index contributed by atoms with van der Waals surface area (Å²) in [6, 6.07) is 5.61. The van der Waals surface area contributed by atoms with Gasteiger partial charge in [0.1, 0.15) is 5.69 Å². The standard InChI is InChI=1S/C17H21N3O2/c1-10(13-8-11-4-5-12(13)7-11)18-17(21)15-9-14(19-20-15)16-3-2-6-22-16/h2-3,6,9-13H,4-5,7-8H2,1H3,(H,18,21)(H,19,20). The summed E-state index contributed by atoms with van der Waals surface area (Å²) < 4.78 is 5.31. The van der Waals surface area contributed by atoms with Crippen molar-refractivity contribution in [2.75, 3.05) is 0 Å². The molecule has 0 spiro atoms. The molecule has 2 aliphatic carbocycles. The van der Waals surface area contributed by atoms with E-state index < -0.39 is 0 Å². The quantitative estimate of drug-likeness (QED) is 0.910. The molecule has 2 fully saturated rings. The SMILES string of the molecule is CC(NC(=O)c1cc(-c2ccco2)[nH]n1)C1CC2CCC1C2. The lowest BCUT2D eigenvalue weighted by atomic mass is 9.84. The molecule has 0 aromatic carbocycles. The molecule has 116 valence electrons.